The van der Waals surface area contributed by atoms with E-state index in [1.165, 1.54) is 51.3 Å². The van der Waals surface area contributed by atoms with Gasteiger partial charge in [-0.2, -0.15) is 9.30 Å². The number of sulfonamides is 1. The van der Waals surface area contributed by atoms with Gasteiger partial charge in [-0.3, -0.25) is 19.7 Å². The first kappa shape index (κ1) is 26.6. The molecule has 1 aliphatic rings. The van der Waals surface area contributed by atoms with Crippen LogP contribution in [0, 0.1) is 16.0 Å². The van der Waals surface area contributed by atoms with E-state index in [4.69, 9.17) is 4.74 Å². The zero-order valence-corrected chi connectivity index (χ0v) is 22.0. The summed E-state index contributed by atoms with van der Waals surface area (Å²) >= 11 is 1.10. The van der Waals surface area contributed by atoms with E-state index in [-0.39, 0.29) is 34.1 Å². The minimum Gasteiger partial charge on any atom is -0.465 e. The number of nitrogens with zero attached hydrogens (tertiary/aromatic N) is 4. The molecule has 196 valence electrons. The Hall–Kier alpha value is -3.42. The summed E-state index contributed by atoms with van der Waals surface area (Å²) in [5.41, 5.74) is 0.370. The molecule has 4 rings (SSSR count). The predicted octanol–water partition coefficient (Wildman–Crippen LogP) is 3.34. The fraction of sp³-hybridized carbons (Fsp3) is 0.375. The fourth-order valence-electron chi connectivity index (χ4n) is 4.04. The van der Waals surface area contributed by atoms with E-state index < -0.39 is 26.8 Å². The van der Waals surface area contributed by atoms with Crippen LogP contribution in [0.1, 0.15) is 37.0 Å². The van der Waals surface area contributed by atoms with E-state index in [1.807, 2.05) is 0 Å². The standard InChI is InChI=1S/C24H26N4O7S2/c1-3-35-22(29)15-27-20-14-18(28(31)32)6-9-21(20)36-24(27)25-23(30)17-4-7-19(8-5-17)37(33,34)26-12-10-16(2)11-13-26/h4-9,14,16H,3,10-13,15H2,1-2H3. The van der Waals surface area contributed by atoms with Gasteiger partial charge >= 0.3 is 5.97 Å². The van der Waals surface area contributed by atoms with Crippen molar-refractivity contribution in [2.75, 3.05) is 19.7 Å². The minimum absolute atomic E-state index is 0.102. The molecule has 13 heteroatoms. The number of ether oxygens (including phenoxy) is 1. The molecule has 11 nitrogen and oxygen atoms in total. The zero-order valence-electron chi connectivity index (χ0n) is 20.3. The van der Waals surface area contributed by atoms with Crippen LogP contribution in [0.4, 0.5) is 5.69 Å². The number of aromatic nitrogens is 1. The number of nitro groups is 1. The fourth-order valence-corrected chi connectivity index (χ4v) is 6.52. The van der Waals surface area contributed by atoms with Gasteiger partial charge in [0.15, 0.2) is 4.80 Å². The van der Waals surface area contributed by atoms with Gasteiger partial charge in [-0.25, -0.2) is 8.42 Å². The highest BCUT2D eigenvalue weighted by atomic mass is 32.2. The second-order valence-corrected chi connectivity index (χ2v) is 11.7. The monoisotopic (exact) mass is 546 g/mol. The molecular weight excluding hydrogens is 520 g/mol. The summed E-state index contributed by atoms with van der Waals surface area (Å²) in [6.07, 6.45) is 1.61. The SMILES string of the molecule is CCOC(=O)Cn1c(=NC(=O)c2ccc(S(=O)(=O)N3CCC(C)CC3)cc2)sc2ccc([N+](=O)[O-])cc21. The Bertz CT molecular complexity index is 1520. The van der Waals surface area contributed by atoms with Crippen LogP contribution in [0.5, 0.6) is 0 Å². The number of hydrogen-bond donors (Lipinski definition) is 0. The Kier molecular flexibility index (Phi) is 7.85. The second kappa shape index (κ2) is 10.9. The topological polar surface area (TPSA) is 141 Å². The van der Waals surface area contributed by atoms with Crippen LogP contribution >= 0.6 is 11.3 Å². The van der Waals surface area contributed by atoms with Gasteiger partial charge in [0, 0.05) is 30.8 Å². The van der Waals surface area contributed by atoms with Crippen molar-refractivity contribution in [2.45, 2.75) is 38.1 Å². The van der Waals surface area contributed by atoms with Gasteiger partial charge in [0.2, 0.25) is 10.0 Å². The smallest absolute Gasteiger partial charge is 0.326 e. The highest BCUT2D eigenvalue weighted by Gasteiger charge is 2.28. The number of hydrogen-bond acceptors (Lipinski definition) is 8. The van der Waals surface area contributed by atoms with E-state index in [2.05, 4.69) is 11.9 Å². The Balaban J connectivity index is 1.67. The number of rotatable bonds is 7. The molecule has 37 heavy (non-hydrogen) atoms. The predicted molar refractivity (Wildman–Crippen MR) is 137 cm³/mol. The number of thiazole rings is 1. The number of amides is 1. The van der Waals surface area contributed by atoms with Gasteiger partial charge in [0.05, 0.1) is 26.6 Å². The maximum Gasteiger partial charge on any atom is 0.326 e. The van der Waals surface area contributed by atoms with Gasteiger partial charge < -0.3 is 9.30 Å². The van der Waals surface area contributed by atoms with Crippen molar-refractivity contribution in [2.24, 2.45) is 10.9 Å². The third-order valence-corrected chi connectivity index (χ3v) is 9.12. The van der Waals surface area contributed by atoms with Gasteiger partial charge in [-0.05, 0) is 56.0 Å². The van der Waals surface area contributed by atoms with Gasteiger partial charge in [0.25, 0.3) is 11.6 Å². The summed E-state index contributed by atoms with van der Waals surface area (Å²) in [4.78, 5) is 40.3. The molecule has 1 fully saturated rings. The first-order valence-electron chi connectivity index (χ1n) is 11.7. The molecule has 1 aliphatic heterocycles. The Labute approximate surface area is 217 Å². The number of carbonyl (C=O) groups excluding carboxylic acids is 2. The first-order valence-corrected chi connectivity index (χ1v) is 14.0. The van der Waals surface area contributed by atoms with Gasteiger partial charge in [0.1, 0.15) is 6.54 Å². The lowest BCUT2D eigenvalue weighted by Crippen LogP contribution is -2.37. The molecule has 3 aromatic rings. The lowest BCUT2D eigenvalue weighted by atomic mass is 10.0. The number of piperidine rings is 1. The zero-order chi connectivity index (χ0) is 26.7. The Morgan fingerprint density at radius 3 is 2.46 bits per heavy atom. The molecule has 0 bridgehead atoms. The highest BCUT2D eigenvalue weighted by molar-refractivity contribution is 7.89. The molecule has 2 heterocycles. The van der Waals surface area contributed by atoms with Crippen molar-refractivity contribution in [1.82, 2.24) is 8.87 Å². The third kappa shape index (κ3) is 5.78. The van der Waals surface area contributed by atoms with E-state index >= 15 is 0 Å². The van der Waals surface area contributed by atoms with Crippen molar-refractivity contribution in [3.8, 4) is 0 Å². The normalized spacial score (nSPS) is 15.7. The summed E-state index contributed by atoms with van der Waals surface area (Å²) < 4.78 is 34.4. The summed E-state index contributed by atoms with van der Waals surface area (Å²) in [7, 11) is -3.66. The number of carbonyl (C=O) groups is 2. The Morgan fingerprint density at radius 2 is 1.84 bits per heavy atom. The van der Waals surface area contributed by atoms with Gasteiger partial charge in [-0.1, -0.05) is 18.3 Å². The lowest BCUT2D eigenvalue weighted by molar-refractivity contribution is -0.384. The van der Waals surface area contributed by atoms with Crippen molar-refractivity contribution in [1.29, 1.82) is 0 Å². The molecule has 0 atom stereocenters. The average molecular weight is 547 g/mol. The maximum absolute atomic E-state index is 13.0. The highest BCUT2D eigenvalue weighted by Crippen LogP contribution is 2.25. The number of fused-ring (bicyclic) bond motifs is 1. The average Bonchev–Trinajstić information content (AvgIpc) is 3.20. The van der Waals surface area contributed by atoms with Crippen molar-refractivity contribution < 1.29 is 27.7 Å². The number of esters is 1. The molecular formula is C24H26N4O7S2. The third-order valence-electron chi connectivity index (χ3n) is 6.15. The van der Waals surface area contributed by atoms with E-state index in [0.717, 1.165) is 24.2 Å². The summed E-state index contributed by atoms with van der Waals surface area (Å²) in [5, 5.41) is 11.2. The maximum atomic E-state index is 13.0. The lowest BCUT2D eigenvalue weighted by Gasteiger charge is -2.29. The molecule has 0 spiro atoms. The summed E-state index contributed by atoms with van der Waals surface area (Å²) in [6, 6.07) is 9.76. The number of nitro benzene ring substituents is 1. The van der Waals surface area contributed by atoms with E-state index in [9.17, 15) is 28.1 Å². The van der Waals surface area contributed by atoms with Crippen LogP contribution in [0.3, 0.4) is 0 Å². The van der Waals surface area contributed by atoms with Crippen LogP contribution in [0.2, 0.25) is 0 Å². The minimum atomic E-state index is -3.66. The molecule has 1 aromatic heterocycles. The van der Waals surface area contributed by atoms with Crippen LogP contribution in [-0.4, -0.2) is 53.8 Å². The molecule has 0 radical (unpaired) electrons. The molecule has 0 unspecified atom stereocenters. The molecule has 1 saturated heterocycles. The summed E-state index contributed by atoms with van der Waals surface area (Å²) in [5.74, 6) is -0.738. The molecule has 1 amide bonds. The van der Waals surface area contributed by atoms with E-state index in [1.54, 1.807) is 6.92 Å². The molecule has 2 aromatic carbocycles. The van der Waals surface area contributed by atoms with Crippen LogP contribution in [-0.2, 0) is 26.1 Å². The van der Waals surface area contributed by atoms with Crippen molar-refractivity contribution in [3.63, 3.8) is 0 Å². The largest absolute Gasteiger partial charge is 0.465 e. The summed E-state index contributed by atoms with van der Waals surface area (Å²) in [6.45, 7) is 4.55. The van der Waals surface area contributed by atoms with E-state index in [0.29, 0.717) is 29.2 Å². The molecule has 0 aliphatic carbocycles. The second-order valence-electron chi connectivity index (χ2n) is 8.71. The Morgan fingerprint density at radius 1 is 1.16 bits per heavy atom. The number of non-ortho nitro benzene ring substituents is 1. The van der Waals surface area contributed by atoms with Crippen molar-refractivity contribution in [3.05, 3.63) is 62.9 Å². The van der Waals surface area contributed by atoms with Crippen LogP contribution < -0.4 is 4.80 Å². The van der Waals surface area contributed by atoms with Crippen LogP contribution in [0.25, 0.3) is 10.2 Å². The van der Waals surface area contributed by atoms with Crippen molar-refractivity contribution >= 4 is 49.1 Å². The number of benzene rings is 2. The molecule has 0 saturated carbocycles. The molecule has 0 N–H and O–H groups in total. The van der Waals surface area contributed by atoms with Crippen LogP contribution in [0.15, 0.2) is 52.4 Å². The van der Waals surface area contributed by atoms with Gasteiger partial charge in [-0.15, -0.1) is 0 Å². The first-order chi connectivity index (χ1) is 17.6. The quantitative estimate of drug-likeness (QED) is 0.251.